The molecule has 2 heterocycles. The first-order chi connectivity index (χ1) is 13.6. The molecule has 1 fully saturated rings. The van der Waals surface area contributed by atoms with Crippen molar-refractivity contribution in [2.24, 2.45) is 0 Å². The Morgan fingerprint density at radius 2 is 1.62 bits per heavy atom. The molecule has 0 spiro atoms. The van der Waals surface area contributed by atoms with Gasteiger partial charge in [0.1, 0.15) is 0 Å². The number of nitrogens with zero attached hydrogens (tertiary/aromatic N) is 6. The van der Waals surface area contributed by atoms with Crippen LogP contribution in [0.25, 0.3) is 5.69 Å². The molecule has 9 heteroatoms. The van der Waals surface area contributed by atoms with Gasteiger partial charge in [-0.1, -0.05) is 6.07 Å². The van der Waals surface area contributed by atoms with Crippen LogP contribution in [0, 0.1) is 18.6 Å². The second-order valence-electron chi connectivity index (χ2n) is 8.85. The van der Waals surface area contributed by atoms with Crippen molar-refractivity contribution in [1.29, 1.82) is 0 Å². The Morgan fingerprint density at radius 3 is 2.21 bits per heavy atom. The van der Waals surface area contributed by atoms with Crippen molar-refractivity contribution in [3.05, 3.63) is 34.1 Å². The topological polar surface area (TPSA) is 71.2 Å². The fourth-order valence-corrected chi connectivity index (χ4v) is 3.77. The molecule has 0 bridgehead atoms. The van der Waals surface area contributed by atoms with Crippen LogP contribution in [0.4, 0.5) is 0 Å². The van der Waals surface area contributed by atoms with Crippen LogP contribution in [-0.4, -0.2) is 73.8 Å². The van der Waals surface area contributed by atoms with Gasteiger partial charge in [0.05, 0.1) is 18.9 Å². The lowest BCUT2D eigenvalue weighted by Crippen LogP contribution is -2.51. The van der Waals surface area contributed by atoms with Crippen molar-refractivity contribution in [3.63, 3.8) is 0 Å². The second-order valence-corrected chi connectivity index (χ2v) is 9.22. The number of benzene rings is 1. The van der Waals surface area contributed by atoms with Crippen LogP contribution in [0.2, 0.25) is 0 Å². The normalized spacial score (nSPS) is 16.2. The molecule has 1 aromatic heterocycles. The summed E-state index contributed by atoms with van der Waals surface area (Å²) >= 11 is 5.60. The van der Waals surface area contributed by atoms with Crippen LogP contribution < -0.4 is 5.32 Å². The van der Waals surface area contributed by atoms with E-state index in [1.807, 2.05) is 20.8 Å². The van der Waals surface area contributed by atoms with Crippen molar-refractivity contribution in [2.45, 2.75) is 46.8 Å². The minimum atomic E-state index is -0.197. The van der Waals surface area contributed by atoms with Crippen LogP contribution in [-0.2, 0) is 11.5 Å². The van der Waals surface area contributed by atoms with Gasteiger partial charge in [-0.3, -0.25) is 14.6 Å². The second kappa shape index (κ2) is 8.73. The van der Waals surface area contributed by atoms with Crippen LogP contribution >= 0.6 is 12.2 Å². The Labute approximate surface area is 177 Å². The standard InChI is InChI=1S/C20H31N7OS/c1-15-10-16(2)12-17(11-15)27-19(29)26(22-23-27)14-25-8-6-24(7-9-25)13-18(28)21-20(3,4)5/h10-12H,6-9,13-14H2,1-5H3,(H,21,28). The first-order valence-electron chi connectivity index (χ1n) is 9.98. The predicted molar refractivity (Wildman–Crippen MR) is 116 cm³/mol. The molecule has 1 N–H and O–H groups in total. The van der Waals surface area contributed by atoms with Crippen molar-refractivity contribution >= 4 is 18.1 Å². The molecule has 0 saturated carbocycles. The summed E-state index contributed by atoms with van der Waals surface area (Å²) in [5.41, 5.74) is 3.08. The average Bonchev–Trinajstić information content (AvgIpc) is 2.95. The van der Waals surface area contributed by atoms with Crippen LogP contribution in [0.15, 0.2) is 18.2 Å². The van der Waals surface area contributed by atoms with Gasteiger partial charge in [0.25, 0.3) is 0 Å². The molecule has 1 saturated heterocycles. The van der Waals surface area contributed by atoms with Crippen molar-refractivity contribution in [1.82, 2.24) is 34.9 Å². The van der Waals surface area contributed by atoms with E-state index in [1.165, 1.54) is 11.1 Å². The van der Waals surface area contributed by atoms with E-state index < -0.39 is 0 Å². The van der Waals surface area contributed by atoms with Gasteiger partial charge in [-0.15, -0.1) is 0 Å². The fourth-order valence-electron chi connectivity index (χ4n) is 3.54. The number of carbonyl (C=O) groups excluding carboxylic acids is 1. The van der Waals surface area contributed by atoms with Gasteiger partial charge in [0.15, 0.2) is 0 Å². The molecular formula is C20H31N7OS. The Balaban J connectivity index is 1.57. The molecule has 158 valence electrons. The number of amides is 1. The van der Waals surface area contributed by atoms with Crippen LogP contribution in [0.5, 0.6) is 0 Å². The Kier molecular flexibility index (Phi) is 6.50. The Hall–Kier alpha value is -2.10. The highest BCUT2D eigenvalue weighted by atomic mass is 32.1. The van der Waals surface area contributed by atoms with Crippen LogP contribution in [0.1, 0.15) is 31.9 Å². The summed E-state index contributed by atoms with van der Waals surface area (Å²) in [4.78, 5) is 16.6. The van der Waals surface area contributed by atoms with E-state index in [0.29, 0.717) is 18.0 Å². The zero-order chi connectivity index (χ0) is 21.2. The number of rotatable bonds is 5. The number of hydrogen-bond donors (Lipinski definition) is 1. The lowest BCUT2D eigenvalue weighted by molar-refractivity contribution is -0.124. The Morgan fingerprint density at radius 1 is 1.03 bits per heavy atom. The van der Waals surface area contributed by atoms with Crippen molar-refractivity contribution < 1.29 is 4.79 Å². The summed E-state index contributed by atoms with van der Waals surface area (Å²) in [5.74, 6) is 0.0737. The van der Waals surface area contributed by atoms with E-state index in [-0.39, 0.29) is 11.4 Å². The summed E-state index contributed by atoms with van der Waals surface area (Å²) in [6, 6.07) is 6.24. The maximum atomic E-state index is 12.1. The van der Waals surface area contributed by atoms with Crippen LogP contribution in [0.3, 0.4) is 0 Å². The monoisotopic (exact) mass is 417 g/mol. The average molecular weight is 418 g/mol. The highest BCUT2D eigenvalue weighted by molar-refractivity contribution is 7.71. The molecule has 1 aromatic carbocycles. The molecule has 0 radical (unpaired) electrons. The van der Waals surface area contributed by atoms with Crippen molar-refractivity contribution in [2.75, 3.05) is 32.7 Å². The van der Waals surface area contributed by atoms with Crippen molar-refractivity contribution in [3.8, 4) is 5.69 Å². The summed E-state index contributed by atoms with van der Waals surface area (Å²) in [5, 5.41) is 11.5. The molecule has 29 heavy (non-hydrogen) atoms. The maximum absolute atomic E-state index is 12.1. The fraction of sp³-hybridized carbons (Fsp3) is 0.600. The van der Waals surface area contributed by atoms with E-state index in [9.17, 15) is 4.79 Å². The predicted octanol–water partition coefficient (Wildman–Crippen LogP) is 1.90. The lowest BCUT2D eigenvalue weighted by atomic mass is 10.1. The van der Waals surface area contributed by atoms with E-state index >= 15 is 0 Å². The third-order valence-corrected chi connectivity index (χ3v) is 5.15. The number of carbonyl (C=O) groups is 1. The SMILES string of the molecule is Cc1cc(C)cc(-n2nnn(CN3CCN(CC(=O)NC(C)(C)C)CC3)c2=S)c1. The number of tetrazole rings is 1. The summed E-state index contributed by atoms with van der Waals surface area (Å²) in [6.45, 7) is 14.6. The third kappa shape index (κ3) is 5.94. The molecule has 0 unspecified atom stereocenters. The highest BCUT2D eigenvalue weighted by Crippen LogP contribution is 2.13. The number of aryl methyl sites for hydroxylation is 2. The summed E-state index contributed by atoms with van der Waals surface area (Å²) in [7, 11) is 0. The quantitative estimate of drug-likeness (QED) is 0.750. The molecule has 1 amide bonds. The van der Waals surface area contributed by atoms with Gasteiger partial charge in [-0.05, 0) is 80.5 Å². The number of piperazine rings is 1. The lowest BCUT2D eigenvalue weighted by Gasteiger charge is -2.34. The first-order valence-corrected chi connectivity index (χ1v) is 10.4. The molecule has 8 nitrogen and oxygen atoms in total. The van der Waals surface area contributed by atoms with E-state index in [0.717, 1.165) is 31.9 Å². The molecular weight excluding hydrogens is 386 g/mol. The van der Waals surface area contributed by atoms with E-state index in [1.54, 1.807) is 9.36 Å². The van der Waals surface area contributed by atoms with Gasteiger partial charge >= 0.3 is 0 Å². The van der Waals surface area contributed by atoms with Gasteiger partial charge in [-0.25, -0.2) is 4.68 Å². The number of hydrogen-bond acceptors (Lipinski definition) is 6. The molecule has 0 aliphatic carbocycles. The van der Waals surface area contributed by atoms with E-state index in [4.69, 9.17) is 12.2 Å². The number of nitrogens with one attached hydrogen (secondary N) is 1. The van der Waals surface area contributed by atoms with Gasteiger partial charge in [0, 0.05) is 31.7 Å². The number of aromatic nitrogens is 4. The molecule has 2 aromatic rings. The zero-order valence-electron chi connectivity index (χ0n) is 18.0. The molecule has 1 aliphatic rings. The third-order valence-electron chi connectivity index (χ3n) is 4.77. The zero-order valence-corrected chi connectivity index (χ0v) is 18.8. The van der Waals surface area contributed by atoms with Gasteiger partial charge < -0.3 is 5.32 Å². The summed E-state index contributed by atoms with van der Waals surface area (Å²) in [6.07, 6.45) is 0. The largest absolute Gasteiger partial charge is 0.350 e. The molecule has 0 atom stereocenters. The first kappa shape index (κ1) is 21.6. The summed E-state index contributed by atoms with van der Waals surface area (Å²) < 4.78 is 4.05. The molecule has 3 rings (SSSR count). The van der Waals surface area contributed by atoms with Gasteiger partial charge in [0.2, 0.25) is 10.7 Å². The minimum absolute atomic E-state index is 0.0737. The highest BCUT2D eigenvalue weighted by Gasteiger charge is 2.22. The van der Waals surface area contributed by atoms with Gasteiger partial charge in [-0.2, -0.15) is 4.68 Å². The Bertz CT molecular complexity index is 899. The van der Waals surface area contributed by atoms with E-state index in [2.05, 4.69) is 57.6 Å². The maximum Gasteiger partial charge on any atom is 0.234 e. The smallest absolute Gasteiger partial charge is 0.234 e. The minimum Gasteiger partial charge on any atom is -0.350 e. The molecule has 1 aliphatic heterocycles.